The predicted molar refractivity (Wildman–Crippen MR) is 141 cm³/mol. The molecule has 4 heterocycles. The van der Waals surface area contributed by atoms with Crippen LogP contribution in [0.25, 0.3) is 0 Å². The van der Waals surface area contributed by atoms with Gasteiger partial charge in [0, 0.05) is 38.3 Å². The molecule has 6 rings (SSSR count). The van der Waals surface area contributed by atoms with Gasteiger partial charge in [0.1, 0.15) is 0 Å². The molecule has 0 aromatic heterocycles. The number of amides is 4. The maximum Gasteiger partial charge on any atom is 0.318 e. The van der Waals surface area contributed by atoms with E-state index in [4.69, 9.17) is 0 Å². The molecule has 2 aromatic carbocycles. The largest absolute Gasteiger partial charge is 0.329 e. The number of piperidine rings is 2. The van der Waals surface area contributed by atoms with E-state index in [2.05, 4.69) is 45.5 Å². The van der Waals surface area contributed by atoms with E-state index in [1.54, 1.807) is 0 Å². The van der Waals surface area contributed by atoms with Crippen molar-refractivity contribution in [2.24, 2.45) is 0 Å². The summed E-state index contributed by atoms with van der Waals surface area (Å²) in [7, 11) is 0. The molecule has 1 unspecified atom stereocenters. The Kier molecular flexibility index (Phi) is 8.03. The van der Waals surface area contributed by atoms with Crippen LogP contribution >= 0.6 is 0 Å². The first-order chi connectivity index (χ1) is 17.7. The van der Waals surface area contributed by atoms with Crippen LogP contribution in [0.5, 0.6) is 0 Å². The minimum Gasteiger partial charge on any atom is -0.329 e. The van der Waals surface area contributed by atoms with Crippen LogP contribution in [0.3, 0.4) is 0 Å². The zero-order valence-corrected chi connectivity index (χ0v) is 20.9. The highest BCUT2D eigenvalue weighted by Crippen LogP contribution is 2.25. The molecule has 36 heavy (non-hydrogen) atoms. The third-order valence-corrected chi connectivity index (χ3v) is 7.70. The minimum atomic E-state index is 0.0811. The van der Waals surface area contributed by atoms with Crippen LogP contribution in [0.2, 0.25) is 0 Å². The lowest BCUT2D eigenvalue weighted by atomic mass is 10.0. The molecule has 2 aromatic rings. The van der Waals surface area contributed by atoms with Crippen molar-refractivity contribution >= 4 is 12.1 Å². The lowest BCUT2D eigenvalue weighted by Crippen LogP contribution is -2.47. The molecular weight excluding hydrogens is 452 g/mol. The number of carbonyl (C=O) groups is 2. The van der Waals surface area contributed by atoms with Crippen molar-refractivity contribution in [2.45, 2.75) is 49.9 Å². The van der Waals surface area contributed by atoms with Gasteiger partial charge in [-0.2, -0.15) is 0 Å². The lowest BCUT2D eigenvalue weighted by molar-refractivity contribution is 0.183. The second kappa shape index (κ2) is 11.8. The summed E-state index contributed by atoms with van der Waals surface area (Å²) in [6.07, 6.45) is 4.54. The van der Waals surface area contributed by atoms with E-state index in [1.165, 1.54) is 11.1 Å². The summed E-state index contributed by atoms with van der Waals surface area (Å²) in [6, 6.07) is 21.5. The van der Waals surface area contributed by atoms with E-state index in [0.717, 1.165) is 65.0 Å². The molecule has 0 saturated carbocycles. The van der Waals surface area contributed by atoms with Crippen molar-refractivity contribution in [1.82, 2.24) is 31.1 Å². The number of nitrogens with one attached hydrogen (secondary N) is 4. The highest BCUT2D eigenvalue weighted by Gasteiger charge is 2.36. The van der Waals surface area contributed by atoms with Gasteiger partial charge in [0.05, 0.1) is 12.1 Å². The van der Waals surface area contributed by atoms with Gasteiger partial charge in [0.25, 0.3) is 0 Å². The molecule has 4 aliphatic rings. The molecule has 4 amide bonds. The fraction of sp³-hybridized carbons (Fsp3) is 0.500. The number of benzene rings is 2. The van der Waals surface area contributed by atoms with Gasteiger partial charge >= 0.3 is 12.1 Å². The second-order valence-electron chi connectivity index (χ2n) is 10.1. The molecule has 0 aliphatic carbocycles. The van der Waals surface area contributed by atoms with E-state index in [-0.39, 0.29) is 24.1 Å². The summed E-state index contributed by atoms with van der Waals surface area (Å²) >= 11 is 0. The van der Waals surface area contributed by atoms with Crippen LogP contribution in [0.4, 0.5) is 9.59 Å². The number of rotatable bonds is 4. The molecular formula is C28H38N6O2. The first kappa shape index (κ1) is 24.6. The second-order valence-corrected chi connectivity index (χ2v) is 10.1. The Labute approximate surface area is 213 Å². The maximum atomic E-state index is 12.0. The van der Waals surface area contributed by atoms with Gasteiger partial charge in [-0.15, -0.1) is 0 Å². The summed E-state index contributed by atoms with van der Waals surface area (Å²) in [5.41, 5.74) is 2.38. The van der Waals surface area contributed by atoms with Gasteiger partial charge in [-0.05, 0) is 49.9 Å². The molecule has 0 bridgehead atoms. The highest BCUT2D eigenvalue weighted by molar-refractivity contribution is 5.78. The van der Waals surface area contributed by atoms with Gasteiger partial charge in [-0.1, -0.05) is 60.7 Å². The zero-order valence-electron chi connectivity index (χ0n) is 20.9. The van der Waals surface area contributed by atoms with Crippen LogP contribution in [0.1, 0.15) is 48.9 Å². The Morgan fingerprint density at radius 1 is 0.611 bits per heavy atom. The fourth-order valence-electron chi connectivity index (χ4n) is 5.69. The molecule has 8 heteroatoms. The van der Waals surface area contributed by atoms with Crippen LogP contribution in [-0.4, -0.2) is 73.2 Å². The predicted octanol–water partition coefficient (Wildman–Crippen LogP) is 3.01. The Hall–Kier alpha value is -3.10. The first-order valence-corrected chi connectivity index (χ1v) is 13.3. The molecule has 8 nitrogen and oxygen atoms in total. The molecule has 0 spiro atoms. The molecule has 4 N–H and O–H groups in total. The SMILES string of the molecule is O=C1NC(c2ccccc2)CN1[C@H]1CCCNC1.O=C1N[C@@H](c2ccccc2)CN1[C@H]1CCCNC1. The Morgan fingerprint density at radius 2 is 1.03 bits per heavy atom. The lowest BCUT2D eigenvalue weighted by Gasteiger charge is -2.30. The molecule has 4 aliphatic heterocycles. The average molecular weight is 491 g/mol. The van der Waals surface area contributed by atoms with Gasteiger partial charge in [0.15, 0.2) is 0 Å². The third-order valence-electron chi connectivity index (χ3n) is 7.70. The number of hydrogen-bond acceptors (Lipinski definition) is 4. The maximum absolute atomic E-state index is 12.0. The van der Waals surface area contributed by atoms with Gasteiger partial charge < -0.3 is 31.1 Å². The zero-order chi connectivity index (χ0) is 24.7. The van der Waals surface area contributed by atoms with E-state index in [9.17, 15) is 9.59 Å². The quantitative estimate of drug-likeness (QED) is 0.531. The minimum absolute atomic E-state index is 0.0811. The topological polar surface area (TPSA) is 88.7 Å². The monoisotopic (exact) mass is 490 g/mol. The van der Waals surface area contributed by atoms with Crippen LogP contribution in [0.15, 0.2) is 60.7 Å². The van der Waals surface area contributed by atoms with Gasteiger partial charge in [-0.3, -0.25) is 0 Å². The Bertz CT molecular complexity index is 910. The number of carbonyl (C=O) groups excluding carboxylic acids is 2. The van der Waals surface area contributed by atoms with E-state index in [1.807, 2.05) is 46.2 Å². The van der Waals surface area contributed by atoms with Gasteiger partial charge in [0.2, 0.25) is 0 Å². The van der Waals surface area contributed by atoms with Crippen LogP contribution in [-0.2, 0) is 0 Å². The van der Waals surface area contributed by atoms with Crippen molar-refractivity contribution in [2.75, 3.05) is 39.3 Å². The summed E-state index contributed by atoms with van der Waals surface area (Å²) in [5.74, 6) is 0. The normalized spacial score (nSPS) is 28.2. The van der Waals surface area contributed by atoms with Gasteiger partial charge in [-0.25, -0.2) is 9.59 Å². The average Bonchev–Trinajstić information content (AvgIpc) is 3.54. The smallest absolute Gasteiger partial charge is 0.318 e. The van der Waals surface area contributed by atoms with E-state index >= 15 is 0 Å². The molecule has 0 radical (unpaired) electrons. The molecule has 192 valence electrons. The summed E-state index contributed by atoms with van der Waals surface area (Å²) in [5, 5.41) is 12.9. The van der Waals surface area contributed by atoms with Crippen molar-refractivity contribution < 1.29 is 9.59 Å². The molecule has 4 atom stereocenters. The Morgan fingerprint density at radius 3 is 1.39 bits per heavy atom. The van der Waals surface area contributed by atoms with Crippen LogP contribution in [0, 0.1) is 0 Å². The molecule has 4 saturated heterocycles. The number of nitrogens with zero attached hydrogens (tertiary/aromatic N) is 2. The summed E-state index contributed by atoms with van der Waals surface area (Å²) < 4.78 is 0. The summed E-state index contributed by atoms with van der Waals surface area (Å²) in [4.78, 5) is 28.1. The van der Waals surface area contributed by atoms with E-state index in [0.29, 0.717) is 12.1 Å². The Balaban J connectivity index is 0.000000148. The van der Waals surface area contributed by atoms with Crippen molar-refractivity contribution in [3.05, 3.63) is 71.8 Å². The van der Waals surface area contributed by atoms with Crippen molar-refractivity contribution in [3.63, 3.8) is 0 Å². The van der Waals surface area contributed by atoms with E-state index < -0.39 is 0 Å². The van der Waals surface area contributed by atoms with Crippen molar-refractivity contribution in [3.8, 4) is 0 Å². The number of hydrogen-bond donors (Lipinski definition) is 4. The fourth-order valence-corrected chi connectivity index (χ4v) is 5.69. The molecule has 4 fully saturated rings. The standard InChI is InChI=1S/2C14H19N3O/c2*18-14-16-13(11-5-2-1-3-6-11)10-17(14)12-7-4-8-15-9-12/h2*1-3,5-6,12-13,15H,4,7-10H2,(H,16,18)/t12-,13?;12-,13+/m00/s1. The summed E-state index contributed by atoms with van der Waals surface area (Å²) in [6.45, 7) is 5.58. The third kappa shape index (κ3) is 5.82. The first-order valence-electron chi connectivity index (χ1n) is 13.3. The number of urea groups is 2. The van der Waals surface area contributed by atoms with Crippen LogP contribution < -0.4 is 21.3 Å². The highest BCUT2D eigenvalue weighted by atomic mass is 16.2. The van der Waals surface area contributed by atoms with Crippen molar-refractivity contribution in [1.29, 1.82) is 0 Å².